The summed E-state index contributed by atoms with van der Waals surface area (Å²) in [5.41, 5.74) is 7.49. The Kier molecular flexibility index (Phi) is 6.13. The highest BCUT2D eigenvalue weighted by Crippen LogP contribution is 2.35. The molecule has 0 saturated carbocycles. The summed E-state index contributed by atoms with van der Waals surface area (Å²) in [5.74, 6) is 2.13. The van der Waals surface area contributed by atoms with Gasteiger partial charge in [-0.2, -0.15) is 0 Å². The fourth-order valence-electron chi connectivity index (χ4n) is 3.14. The lowest BCUT2D eigenvalue weighted by atomic mass is 9.99. The Morgan fingerprint density at radius 3 is 2.87 bits per heavy atom. The quantitative estimate of drug-likeness (QED) is 0.819. The van der Waals surface area contributed by atoms with Crippen LogP contribution in [0.2, 0.25) is 0 Å². The molecule has 0 aromatic heterocycles. The number of anilines is 1. The van der Waals surface area contributed by atoms with Crippen molar-refractivity contribution in [3.05, 3.63) is 17.7 Å². The molecule has 1 fully saturated rings. The summed E-state index contributed by atoms with van der Waals surface area (Å²) in [6, 6.07) is 3.63. The van der Waals surface area contributed by atoms with Gasteiger partial charge >= 0.3 is 0 Å². The maximum atomic E-state index is 12.4. The Morgan fingerprint density at radius 1 is 1.43 bits per heavy atom. The average molecular weight is 320 g/mol. The van der Waals surface area contributed by atoms with Crippen molar-refractivity contribution in [3.8, 4) is 11.5 Å². The molecular formula is C18H28N2O3. The lowest BCUT2D eigenvalue weighted by Crippen LogP contribution is -2.39. The second-order valence-electron chi connectivity index (χ2n) is 6.23. The molecule has 1 atom stereocenters. The second kappa shape index (κ2) is 8.09. The van der Waals surface area contributed by atoms with Gasteiger partial charge in [-0.15, -0.1) is 0 Å². The molecule has 1 aliphatic heterocycles. The van der Waals surface area contributed by atoms with Crippen LogP contribution >= 0.6 is 0 Å². The average Bonchev–Trinajstić information content (AvgIpc) is 2.54. The predicted molar refractivity (Wildman–Crippen MR) is 91.9 cm³/mol. The summed E-state index contributed by atoms with van der Waals surface area (Å²) in [6.07, 6.45) is 3.40. The Hall–Kier alpha value is -1.91. The zero-order chi connectivity index (χ0) is 16.8. The van der Waals surface area contributed by atoms with Gasteiger partial charge in [0, 0.05) is 36.8 Å². The van der Waals surface area contributed by atoms with Gasteiger partial charge in [0.15, 0.2) is 11.5 Å². The van der Waals surface area contributed by atoms with Crippen molar-refractivity contribution in [2.75, 3.05) is 32.5 Å². The molecule has 1 heterocycles. The van der Waals surface area contributed by atoms with Crippen LogP contribution in [0.25, 0.3) is 0 Å². The van der Waals surface area contributed by atoms with E-state index < -0.39 is 0 Å². The number of likely N-dealkylation sites (tertiary alicyclic amines) is 1. The standard InChI is InChI=1S/C18H28N2O3/c1-4-23-18-14(10-15(19)11-16(18)22-3)7-8-17(21)20-9-5-6-13(2)12-20/h10-11,13H,4-9,12,19H2,1-3H3. The van der Waals surface area contributed by atoms with E-state index in [2.05, 4.69) is 6.92 Å². The molecule has 1 saturated heterocycles. The second-order valence-corrected chi connectivity index (χ2v) is 6.23. The van der Waals surface area contributed by atoms with Crippen LogP contribution in [0.4, 0.5) is 5.69 Å². The third-order valence-corrected chi connectivity index (χ3v) is 4.28. The number of benzene rings is 1. The molecule has 1 aliphatic rings. The first-order valence-electron chi connectivity index (χ1n) is 8.42. The molecule has 0 aliphatic carbocycles. The zero-order valence-electron chi connectivity index (χ0n) is 14.4. The molecule has 0 radical (unpaired) electrons. The van der Waals surface area contributed by atoms with Crippen LogP contribution in [0.15, 0.2) is 12.1 Å². The van der Waals surface area contributed by atoms with Crippen LogP contribution in [0.1, 0.15) is 38.7 Å². The van der Waals surface area contributed by atoms with E-state index in [0.29, 0.717) is 42.6 Å². The number of ether oxygens (including phenoxy) is 2. The van der Waals surface area contributed by atoms with Gasteiger partial charge in [-0.1, -0.05) is 6.92 Å². The largest absolute Gasteiger partial charge is 0.493 e. The highest BCUT2D eigenvalue weighted by atomic mass is 16.5. The highest BCUT2D eigenvalue weighted by molar-refractivity contribution is 5.77. The number of nitrogens with zero attached hydrogens (tertiary/aromatic N) is 1. The maximum Gasteiger partial charge on any atom is 0.222 e. The normalized spacial score (nSPS) is 17.9. The fourth-order valence-corrected chi connectivity index (χ4v) is 3.14. The number of nitrogen functional groups attached to an aromatic ring is 1. The van der Waals surface area contributed by atoms with E-state index in [1.54, 1.807) is 13.2 Å². The number of hydrogen-bond acceptors (Lipinski definition) is 4. The number of piperidine rings is 1. The number of methoxy groups -OCH3 is 1. The topological polar surface area (TPSA) is 64.8 Å². The molecule has 5 nitrogen and oxygen atoms in total. The van der Waals surface area contributed by atoms with Crippen molar-refractivity contribution < 1.29 is 14.3 Å². The molecule has 128 valence electrons. The van der Waals surface area contributed by atoms with E-state index >= 15 is 0 Å². The first-order valence-corrected chi connectivity index (χ1v) is 8.42. The molecule has 0 spiro atoms. The van der Waals surface area contributed by atoms with Crippen LogP contribution in [0.3, 0.4) is 0 Å². The van der Waals surface area contributed by atoms with Gasteiger partial charge in [-0.05, 0) is 38.2 Å². The van der Waals surface area contributed by atoms with Crippen molar-refractivity contribution in [3.63, 3.8) is 0 Å². The Morgan fingerprint density at radius 2 is 2.22 bits per heavy atom. The van der Waals surface area contributed by atoms with Crippen LogP contribution < -0.4 is 15.2 Å². The fraction of sp³-hybridized carbons (Fsp3) is 0.611. The highest BCUT2D eigenvalue weighted by Gasteiger charge is 2.21. The molecular weight excluding hydrogens is 292 g/mol. The Bertz CT molecular complexity index is 545. The van der Waals surface area contributed by atoms with E-state index in [-0.39, 0.29) is 5.91 Å². The van der Waals surface area contributed by atoms with Crippen molar-refractivity contribution >= 4 is 11.6 Å². The zero-order valence-corrected chi connectivity index (χ0v) is 14.4. The van der Waals surface area contributed by atoms with Gasteiger partial charge in [-0.25, -0.2) is 0 Å². The van der Waals surface area contributed by atoms with E-state index in [9.17, 15) is 4.79 Å². The summed E-state index contributed by atoms with van der Waals surface area (Å²) in [4.78, 5) is 14.4. The first kappa shape index (κ1) is 17.4. The summed E-state index contributed by atoms with van der Waals surface area (Å²) in [5, 5.41) is 0. The van der Waals surface area contributed by atoms with Crippen LogP contribution in [-0.4, -0.2) is 37.6 Å². The van der Waals surface area contributed by atoms with E-state index in [0.717, 1.165) is 25.1 Å². The number of rotatable bonds is 6. The summed E-state index contributed by atoms with van der Waals surface area (Å²) in [7, 11) is 1.60. The van der Waals surface area contributed by atoms with E-state index in [4.69, 9.17) is 15.2 Å². The smallest absolute Gasteiger partial charge is 0.222 e. The number of nitrogens with two attached hydrogens (primary N) is 1. The summed E-state index contributed by atoms with van der Waals surface area (Å²) < 4.78 is 11.1. The maximum absolute atomic E-state index is 12.4. The van der Waals surface area contributed by atoms with Crippen molar-refractivity contribution in [1.82, 2.24) is 4.90 Å². The number of aryl methyl sites for hydroxylation is 1. The Balaban J connectivity index is 2.07. The molecule has 2 N–H and O–H groups in total. The minimum Gasteiger partial charge on any atom is -0.493 e. The molecule has 1 aromatic rings. The van der Waals surface area contributed by atoms with Crippen LogP contribution in [0, 0.1) is 5.92 Å². The third-order valence-electron chi connectivity index (χ3n) is 4.28. The number of amides is 1. The molecule has 1 aromatic carbocycles. The summed E-state index contributed by atoms with van der Waals surface area (Å²) >= 11 is 0. The third kappa shape index (κ3) is 4.53. The van der Waals surface area contributed by atoms with Crippen LogP contribution in [-0.2, 0) is 11.2 Å². The monoisotopic (exact) mass is 320 g/mol. The van der Waals surface area contributed by atoms with Gasteiger partial charge in [0.2, 0.25) is 5.91 Å². The van der Waals surface area contributed by atoms with Gasteiger partial charge in [-0.3, -0.25) is 4.79 Å². The van der Waals surface area contributed by atoms with Crippen LogP contribution in [0.5, 0.6) is 11.5 Å². The minimum absolute atomic E-state index is 0.209. The van der Waals surface area contributed by atoms with E-state index in [1.165, 1.54) is 6.42 Å². The van der Waals surface area contributed by atoms with Gasteiger partial charge in [0.25, 0.3) is 0 Å². The lowest BCUT2D eigenvalue weighted by molar-refractivity contribution is -0.132. The van der Waals surface area contributed by atoms with Gasteiger partial charge in [0.1, 0.15) is 0 Å². The SMILES string of the molecule is CCOc1c(CCC(=O)N2CCCC(C)C2)cc(N)cc1OC. The number of hydrogen-bond donors (Lipinski definition) is 1. The first-order chi connectivity index (χ1) is 11.0. The number of carbonyl (C=O) groups is 1. The van der Waals surface area contributed by atoms with Crippen molar-refractivity contribution in [2.45, 2.75) is 39.5 Å². The van der Waals surface area contributed by atoms with Crippen molar-refractivity contribution in [2.24, 2.45) is 5.92 Å². The summed E-state index contributed by atoms with van der Waals surface area (Å²) in [6.45, 7) is 6.43. The molecule has 2 rings (SSSR count). The van der Waals surface area contributed by atoms with Gasteiger partial charge < -0.3 is 20.1 Å². The molecule has 1 amide bonds. The lowest BCUT2D eigenvalue weighted by Gasteiger charge is -2.31. The minimum atomic E-state index is 0.209. The predicted octanol–water partition coefficient (Wildman–Crippen LogP) is 2.87. The number of carbonyl (C=O) groups excluding carboxylic acids is 1. The Labute approximate surface area is 138 Å². The molecule has 1 unspecified atom stereocenters. The van der Waals surface area contributed by atoms with Gasteiger partial charge in [0.05, 0.1) is 13.7 Å². The molecule has 23 heavy (non-hydrogen) atoms. The molecule has 5 heteroatoms. The van der Waals surface area contributed by atoms with E-state index in [1.807, 2.05) is 17.9 Å². The molecule has 0 bridgehead atoms. The van der Waals surface area contributed by atoms with Crippen molar-refractivity contribution in [1.29, 1.82) is 0 Å².